The molecule has 0 aliphatic carbocycles. The van der Waals surface area contributed by atoms with Crippen molar-refractivity contribution in [2.45, 2.75) is 19.4 Å². The number of nitrogens with one attached hydrogen (secondary N) is 2. The summed E-state index contributed by atoms with van der Waals surface area (Å²) in [5.74, 6) is 1.30. The maximum Gasteiger partial charge on any atom is 0.249 e. The predicted octanol–water partition coefficient (Wildman–Crippen LogP) is -0.166. The summed E-state index contributed by atoms with van der Waals surface area (Å²) in [6, 6.07) is 0.588. The highest BCUT2D eigenvalue weighted by molar-refractivity contribution is 7.80. The molecule has 0 saturated heterocycles. The van der Waals surface area contributed by atoms with Crippen LogP contribution < -0.4 is 10.6 Å². The van der Waals surface area contributed by atoms with E-state index in [4.69, 9.17) is 0 Å². The van der Waals surface area contributed by atoms with Gasteiger partial charge in [-0.3, -0.25) is 14.1 Å². The van der Waals surface area contributed by atoms with Crippen molar-refractivity contribution in [2.75, 3.05) is 33.3 Å². The Bertz CT molecular complexity index is 460. The van der Waals surface area contributed by atoms with Crippen LogP contribution in [0.15, 0.2) is 25.3 Å². The minimum atomic E-state index is -4.41. The summed E-state index contributed by atoms with van der Waals surface area (Å²) in [5.41, 5.74) is 0. The number of hydrogen-bond acceptors (Lipinski definition) is 6. The van der Waals surface area contributed by atoms with Crippen molar-refractivity contribution >= 4 is 16.2 Å². The topological polar surface area (TPSA) is 93.5 Å². The lowest BCUT2D eigenvalue weighted by Gasteiger charge is -2.08. The fourth-order valence-corrected chi connectivity index (χ4v) is 1.83. The van der Waals surface area contributed by atoms with E-state index in [1.807, 2.05) is 12.2 Å². The summed E-state index contributed by atoms with van der Waals surface area (Å²) in [6.45, 7) is 13.7. The van der Waals surface area contributed by atoms with E-state index in [1.54, 1.807) is 0 Å². The van der Waals surface area contributed by atoms with E-state index in [0.29, 0.717) is 6.04 Å². The molecule has 0 fully saturated rings. The summed E-state index contributed by atoms with van der Waals surface area (Å²) in [7, 11) is -3.60. The summed E-state index contributed by atoms with van der Waals surface area (Å²) in [4.78, 5) is 0. The SMILES string of the molecule is C=CCNCC[N+]1=C(CC=C)NCC1C.COS(=O)(=O)[O-]. The molecule has 0 spiro atoms. The van der Waals surface area contributed by atoms with Crippen LogP contribution in [0.4, 0.5) is 0 Å². The predicted molar refractivity (Wildman–Crippen MR) is 82.2 cm³/mol. The van der Waals surface area contributed by atoms with E-state index in [0.717, 1.165) is 39.7 Å². The van der Waals surface area contributed by atoms with Gasteiger partial charge in [-0.05, 0) is 6.92 Å². The number of nitrogens with zero attached hydrogens (tertiary/aromatic N) is 1. The van der Waals surface area contributed by atoms with Crippen molar-refractivity contribution < 1.29 is 21.7 Å². The van der Waals surface area contributed by atoms with Crippen molar-refractivity contribution in [3.63, 3.8) is 0 Å². The van der Waals surface area contributed by atoms with E-state index >= 15 is 0 Å². The van der Waals surface area contributed by atoms with E-state index in [9.17, 15) is 13.0 Å². The van der Waals surface area contributed by atoms with Gasteiger partial charge in [0.2, 0.25) is 16.2 Å². The molecule has 0 bridgehead atoms. The van der Waals surface area contributed by atoms with Crippen LogP contribution in [0.3, 0.4) is 0 Å². The smallest absolute Gasteiger partial charge is 0.249 e. The van der Waals surface area contributed by atoms with Crippen LogP contribution >= 0.6 is 0 Å². The quantitative estimate of drug-likeness (QED) is 0.212. The molecule has 0 saturated carbocycles. The molecule has 0 radical (unpaired) electrons. The average Bonchev–Trinajstić information content (AvgIpc) is 2.76. The number of rotatable bonds is 8. The van der Waals surface area contributed by atoms with E-state index in [1.165, 1.54) is 5.84 Å². The Morgan fingerprint density at radius 2 is 2.14 bits per heavy atom. The maximum atomic E-state index is 9.22. The second kappa shape index (κ2) is 10.5. The highest BCUT2D eigenvalue weighted by atomic mass is 32.3. The molecular formula is C13H25N3O4S. The fraction of sp³-hybridized carbons (Fsp3) is 0.615. The minimum Gasteiger partial charge on any atom is -0.726 e. The zero-order chi connectivity index (χ0) is 16.3. The van der Waals surface area contributed by atoms with Crippen molar-refractivity contribution in [2.24, 2.45) is 0 Å². The normalized spacial score (nSPS) is 17.8. The summed E-state index contributed by atoms with van der Waals surface area (Å²) < 4.78 is 33.4. The first-order valence-electron chi connectivity index (χ1n) is 6.66. The largest absolute Gasteiger partial charge is 0.726 e. The molecule has 0 aromatic heterocycles. The zero-order valence-corrected chi connectivity index (χ0v) is 13.5. The summed E-state index contributed by atoms with van der Waals surface area (Å²) >= 11 is 0. The van der Waals surface area contributed by atoms with Gasteiger partial charge in [-0.25, -0.2) is 8.42 Å². The molecule has 1 atom stereocenters. The van der Waals surface area contributed by atoms with E-state index in [2.05, 4.69) is 39.5 Å². The first kappa shape index (κ1) is 19.8. The van der Waals surface area contributed by atoms with Gasteiger partial charge in [0.25, 0.3) is 0 Å². The molecule has 0 aromatic carbocycles. The standard InChI is InChI=1S/C12H21N3.CH4O4S/c1-4-6-12-14-10-11(3)15(12)9-8-13-7-5-2;1-5-6(2,3)4/h4-5,11,13H,1-2,6-10H2,3H3;1H3,(H,2,3,4). The minimum absolute atomic E-state index is 0.588. The van der Waals surface area contributed by atoms with Gasteiger partial charge >= 0.3 is 0 Å². The molecule has 0 amide bonds. The van der Waals surface area contributed by atoms with Crippen molar-refractivity contribution in [3.05, 3.63) is 25.3 Å². The Labute approximate surface area is 127 Å². The van der Waals surface area contributed by atoms with Crippen molar-refractivity contribution in [1.82, 2.24) is 10.6 Å². The van der Waals surface area contributed by atoms with Crippen molar-refractivity contribution in [1.29, 1.82) is 0 Å². The third-order valence-electron chi connectivity index (χ3n) is 2.84. The molecular weight excluding hydrogens is 294 g/mol. The highest BCUT2D eigenvalue weighted by Gasteiger charge is 2.25. The van der Waals surface area contributed by atoms with Gasteiger partial charge in [-0.15, -0.1) is 13.2 Å². The molecule has 1 unspecified atom stereocenters. The monoisotopic (exact) mass is 319 g/mol. The molecule has 122 valence electrons. The second-order valence-electron chi connectivity index (χ2n) is 4.43. The Balaban J connectivity index is 0.000000567. The average molecular weight is 319 g/mol. The lowest BCUT2D eigenvalue weighted by atomic mass is 10.3. The molecule has 1 heterocycles. The third-order valence-corrected chi connectivity index (χ3v) is 3.25. The van der Waals surface area contributed by atoms with Crippen LogP contribution in [-0.2, 0) is 14.6 Å². The molecule has 21 heavy (non-hydrogen) atoms. The van der Waals surface area contributed by atoms with Crippen LogP contribution in [0.1, 0.15) is 13.3 Å². The van der Waals surface area contributed by atoms with Gasteiger partial charge in [0.05, 0.1) is 20.1 Å². The van der Waals surface area contributed by atoms with Crippen LogP contribution in [0.5, 0.6) is 0 Å². The van der Waals surface area contributed by atoms with Gasteiger partial charge in [0, 0.05) is 13.1 Å². The van der Waals surface area contributed by atoms with Crippen LogP contribution in [0.2, 0.25) is 0 Å². The van der Waals surface area contributed by atoms with E-state index in [-0.39, 0.29) is 0 Å². The zero-order valence-electron chi connectivity index (χ0n) is 12.7. The Kier molecular flexibility index (Phi) is 9.89. The molecule has 2 N–H and O–H groups in total. The second-order valence-corrected chi connectivity index (χ2v) is 5.58. The van der Waals surface area contributed by atoms with Crippen molar-refractivity contribution in [3.8, 4) is 0 Å². The third kappa shape index (κ3) is 9.35. The van der Waals surface area contributed by atoms with Crippen LogP contribution in [0, 0.1) is 0 Å². The summed E-state index contributed by atoms with van der Waals surface area (Å²) in [6.07, 6.45) is 4.77. The number of amidine groups is 1. The van der Waals surface area contributed by atoms with Gasteiger partial charge in [0.15, 0.2) is 0 Å². The molecule has 1 aliphatic heterocycles. The Hall–Kier alpha value is -1.22. The molecule has 1 aliphatic rings. The lowest BCUT2D eigenvalue weighted by molar-refractivity contribution is -0.550. The van der Waals surface area contributed by atoms with E-state index < -0.39 is 10.4 Å². The van der Waals surface area contributed by atoms with Gasteiger partial charge in [-0.1, -0.05) is 12.2 Å². The van der Waals surface area contributed by atoms with Gasteiger partial charge in [-0.2, -0.15) is 0 Å². The Morgan fingerprint density at radius 3 is 2.62 bits per heavy atom. The first-order chi connectivity index (χ1) is 9.85. The molecule has 7 nitrogen and oxygen atoms in total. The van der Waals surface area contributed by atoms with Gasteiger partial charge < -0.3 is 9.87 Å². The molecule has 0 aromatic rings. The number of hydrogen-bond donors (Lipinski definition) is 2. The highest BCUT2D eigenvalue weighted by Crippen LogP contribution is 2.00. The molecule has 1 rings (SSSR count). The van der Waals surface area contributed by atoms with Crippen LogP contribution in [0.25, 0.3) is 0 Å². The lowest BCUT2D eigenvalue weighted by Crippen LogP contribution is -2.31. The summed E-state index contributed by atoms with van der Waals surface area (Å²) in [5, 5.41) is 6.74. The van der Waals surface area contributed by atoms with Crippen LogP contribution in [-0.4, -0.2) is 62.7 Å². The Morgan fingerprint density at radius 1 is 1.52 bits per heavy atom. The molecule has 8 heteroatoms. The first-order valence-corrected chi connectivity index (χ1v) is 7.99. The van der Waals surface area contributed by atoms with Gasteiger partial charge in [0.1, 0.15) is 12.6 Å². The fourth-order valence-electron chi connectivity index (χ4n) is 1.83. The maximum absolute atomic E-state index is 9.22.